The monoisotopic (exact) mass is 486 g/mol. The highest BCUT2D eigenvalue weighted by molar-refractivity contribution is 6.31. The van der Waals surface area contributed by atoms with E-state index in [1.54, 1.807) is 25.3 Å². The molecule has 0 radical (unpaired) electrons. The summed E-state index contributed by atoms with van der Waals surface area (Å²) in [5.41, 5.74) is 3.16. The Morgan fingerprint density at radius 2 is 2.06 bits per heavy atom. The number of likely N-dealkylation sites (tertiary alicyclic amines) is 1. The third-order valence-electron chi connectivity index (χ3n) is 6.41. The number of nitrogens with zero attached hydrogens (tertiary/aromatic N) is 3. The van der Waals surface area contributed by atoms with Crippen molar-refractivity contribution in [2.45, 2.75) is 45.7 Å². The standard InChI is InChI=1S/C26H32ClFN4O2/c1-17-12-20(19(3)32(17)18(2)16-34-4)13-21(14-29)26(33)30-15-24(31-10-5-6-11-31)25-22(27)8-7-9-23(25)28/h7-9,12-13,18,24H,5-6,10-11,15-16H2,1-4H3,(H,30,33)/b21-13-. The number of benzene rings is 1. The third kappa shape index (κ3) is 5.69. The number of nitrogens with one attached hydrogen (secondary N) is 1. The molecule has 1 amide bonds. The maximum Gasteiger partial charge on any atom is 0.262 e. The summed E-state index contributed by atoms with van der Waals surface area (Å²) in [6, 6.07) is 8.31. The Bertz CT molecular complexity index is 1080. The van der Waals surface area contributed by atoms with Gasteiger partial charge in [-0.1, -0.05) is 17.7 Å². The predicted molar refractivity (Wildman–Crippen MR) is 132 cm³/mol. The first-order valence-corrected chi connectivity index (χ1v) is 11.9. The zero-order chi connectivity index (χ0) is 24.8. The molecule has 2 unspecified atom stereocenters. The molecule has 0 aliphatic carbocycles. The van der Waals surface area contributed by atoms with E-state index < -0.39 is 17.8 Å². The van der Waals surface area contributed by atoms with Crippen LogP contribution in [0, 0.1) is 31.0 Å². The lowest BCUT2D eigenvalue weighted by Crippen LogP contribution is -2.37. The molecule has 1 N–H and O–H groups in total. The van der Waals surface area contributed by atoms with Crippen LogP contribution in [0.25, 0.3) is 6.08 Å². The molecule has 34 heavy (non-hydrogen) atoms. The van der Waals surface area contributed by atoms with Gasteiger partial charge in [0.1, 0.15) is 17.5 Å². The normalized spacial score (nSPS) is 16.3. The quantitative estimate of drug-likeness (QED) is 0.401. The lowest BCUT2D eigenvalue weighted by atomic mass is 10.0. The SMILES string of the molecule is COCC(C)n1c(C)cc(/C=C(/C#N)C(=O)NCC(c2c(F)cccc2Cl)N2CCCC2)c1C. The Kier molecular flexibility index (Phi) is 8.90. The molecule has 3 rings (SSSR count). The van der Waals surface area contributed by atoms with E-state index in [0.717, 1.165) is 42.9 Å². The summed E-state index contributed by atoms with van der Waals surface area (Å²) < 4.78 is 22.1. The van der Waals surface area contributed by atoms with Crippen LogP contribution in [0.5, 0.6) is 0 Å². The van der Waals surface area contributed by atoms with Crippen LogP contribution in [0.4, 0.5) is 4.39 Å². The van der Waals surface area contributed by atoms with Crippen molar-refractivity contribution in [2.24, 2.45) is 0 Å². The van der Waals surface area contributed by atoms with Gasteiger partial charge in [-0.25, -0.2) is 4.39 Å². The van der Waals surface area contributed by atoms with Gasteiger partial charge in [-0.15, -0.1) is 0 Å². The lowest BCUT2D eigenvalue weighted by Gasteiger charge is -2.29. The fourth-order valence-electron chi connectivity index (χ4n) is 4.83. The van der Waals surface area contributed by atoms with Crippen molar-refractivity contribution < 1.29 is 13.9 Å². The molecule has 2 heterocycles. The Morgan fingerprint density at radius 1 is 1.35 bits per heavy atom. The number of hydrogen-bond donors (Lipinski definition) is 1. The molecule has 0 spiro atoms. The minimum absolute atomic E-state index is 0.000512. The lowest BCUT2D eigenvalue weighted by molar-refractivity contribution is -0.117. The number of aryl methyl sites for hydroxylation is 1. The van der Waals surface area contributed by atoms with E-state index in [0.29, 0.717) is 17.2 Å². The number of rotatable bonds is 9. The van der Waals surface area contributed by atoms with Gasteiger partial charge in [-0.05, 0) is 76.5 Å². The molecular formula is C26H32ClFN4O2. The maximum atomic E-state index is 14.7. The first-order valence-electron chi connectivity index (χ1n) is 11.5. The highest BCUT2D eigenvalue weighted by Gasteiger charge is 2.28. The minimum Gasteiger partial charge on any atom is -0.383 e. The van der Waals surface area contributed by atoms with Crippen molar-refractivity contribution in [1.29, 1.82) is 5.26 Å². The molecule has 0 saturated carbocycles. The van der Waals surface area contributed by atoms with Gasteiger partial charge in [0.05, 0.1) is 18.7 Å². The summed E-state index contributed by atoms with van der Waals surface area (Å²) in [5.74, 6) is -0.888. The molecule has 1 fully saturated rings. The Labute approximate surface area is 205 Å². The molecule has 1 aromatic heterocycles. The van der Waals surface area contributed by atoms with E-state index in [-0.39, 0.29) is 18.2 Å². The summed E-state index contributed by atoms with van der Waals surface area (Å²) in [5, 5.41) is 12.9. The smallest absolute Gasteiger partial charge is 0.262 e. The fraction of sp³-hybridized carbons (Fsp3) is 0.462. The van der Waals surface area contributed by atoms with Crippen LogP contribution in [0.1, 0.15) is 54.4 Å². The van der Waals surface area contributed by atoms with Gasteiger partial charge in [0.2, 0.25) is 0 Å². The molecule has 6 nitrogen and oxygen atoms in total. The second-order valence-electron chi connectivity index (χ2n) is 8.77. The van der Waals surface area contributed by atoms with E-state index in [9.17, 15) is 14.4 Å². The van der Waals surface area contributed by atoms with Crippen LogP contribution < -0.4 is 5.32 Å². The Balaban J connectivity index is 1.82. The van der Waals surface area contributed by atoms with Gasteiger partial charge in [0.15, 0.2) is 0 Å². The molecule has 1 aliphatic rings. The van der Waals surface area contributed by atoms with Crippen LogP contribution in [0.3, 0.4) is 0 Å². The third-order valence-corrected chi connectivity index (χ3v) is 6.74. The largest absolute Gasteiger partial charge is 0.383 e. The first-order chi connectivity index (χ1) is 16.3. The van der Waals surface area contributed by atoms with Gasteiger partial charge in [0.25, 0.3) is 5.91 Å². The van der Waals surface area contributed by atoms with Crippen molar-refractivity contribution >= 4 is 23.6 Å². The first kappa shape index (κ1) is 26.0. The highest BCUT2D eigenvalue weighted by Crippen LogP contribution is 2.32. The summed E-state index contributed by atoms with van der Waals surface area (Å²) in [7, 11) is 1.66. The molecular weight excluding hydrogens is 455 g/mol. The molecule has 1 aliphatic heterocycles. The number of nitriles is 1. The molecule has 1 aromatic carbocycles. The van der Waals surface area contributed by atoms with Crippen molar-refractivity contribution in [3.05, 3.63) is 63.2 Å². The van der Waals surface area contributed by atoms with Gasteiger partial charge >= 0.3 is 0 Å². The maximum absolute atomic E-state index is 14.7. The predicted octanol–water partition coefficient (Wildman–Crippen LogP) is 4.97. The second kappa shape index (κ2) is 11.7. The number of ether oxygens (including phenoxy) is 1. The number of carbonyl (C=O) groups excluding carboxylic acids is 1. The van der Waals surface area contributed by atoms with Gasteiger partial charge in [-0.2, -0.15) is 5.26 Å². The van der Waals surface area contributed by atoms with Crippen molar-refractivity contribution in [3.63, 3.8) is 0 Å². The van der Waals surface area contributed by atoms with Crippen LogP contribution in [0.15, 0.2) is 29.8 Å². The van der Waals surface area contributed by atoms with Gasteiger partial charge in [-0.3, -0.25) is 9.69 Å². The van der Waals surface area contributed by atoms with E-state index in [1.807, 2.05) is 26.0 Å². The zero-order valence-corrected chi connectivity index (χ0v) is 21.0. The molecule has 182 valence electrons. The number of halogens is 2. The van der Waals surface area contributed by atoms with E-state index in [2.05, 4.69) is 21.7 Å². The molecule has 1 saturated heterocycles. The second-order valence-corrected chi connectivity index (χ2v) is 9.18. The van der Waals surface area contributed by atoms with E-state index in [1.165, 1.54) is 6.07 Å². The number of carbonyl (C=O) groups is 1. The van der Waals surface area contributed by atoms with E-state index in [4.69, 9.17) is 16.3 Å². The molecule has 2 aromatic rings. The van der Waals surface area contributed by atoms with Crippen LogP contribution in [-0.2, 0) is 9.53 Å². The fourth-order valence-corrected chi connectivity index (χ4v) is 5.12. The average Bonchev–Trinajstić information content (AvgIpc) is 3.42. The summed E-state index contributed by atoms with van der Waals surface area (Å²) in [6.07, 6.45) is 3.63. The average molecular weight is 487 g/mol. The van der Waals surface area contributed by atoms with Gasteiger partial charge < -0.3 is 14.6 Å². The molecule has 8 heteroatoms. The minimum atomic E-state index is -0.492. The van der Waals surface area contributed by atoms with Crippen LogP contribution >= 0.6 is 11.6 Å². The zero-order valence-electron chi connectivity index (χ0n) is 20.2. The number of methoxy groups -OCH3 is 1. The Hall–Kier alpha value is -2.66. The van der Waals surface area contributed by atoms with Crippen molar-refractivity contribution in [1.82, 2.24) is 14.8 Å². The van der Waals surface area contributed by atoms with Crippen LogP contribution in [-0.4, -0.2) is 48.7 Å². The molecule has 0 bridgehead atoms. The van der Waals surface area contributed by atoms with Crippen LogP contribution in [0.2, 0.25) is 5.02 Å². The number of amides is 1. The Morgan fingerprint density at radius 3 is 2.68 bits per heavy atom. The summed E-state index contributed by atoms with van der Waals surface area (Å²) >= 11 is 6.34. The highest BCUT2D eigenvalue weighted by atomic mass is 35.5. The van der Waals surface area contributed by atoms with Crippen molar-refractivity contribution in [2.75, 3.05) is 33.4 Å². The topological polar surface area (TPSA) is 70.3 Å². The van der Waals surface area contributed by atoms with Crippen molar-refractivity contribution in [3.8, 4) is 6.07 Å². The summed E-state index contributed by atoms with van der Waals surface area (Å²) in [6.45, 7) is 8.32. The van der Waals surface area contributed by atoms with Gasteiger partial charge in [0, 0.05) is 35.6 Å². The molecule has 2 atom stereocenters. The summed E-state index contributed by atoms with van der Waals surface area (Å²) in [4.78, 5) is 15.1. The number of hydrogen-bond acceptors (Lipinski definition) is 4. The van der Waals surface area contributed by atoms with E-state index >= 15 is 0 Å². The number of aromatic nitrogens is 1.